The van der Waals surface area contributed by atoms with Crippen LogP contribution in [0.15, 0.2) is 6.20 Å². The number of amides is 1. The first kappa shape index (κ1) is 12.1. The van der Waals surface area contributed by atoms with Gasteiger partial charge >= 0.3 is 0 Å². The molecule has 2 N–H and O–H groups in total. The van der Waals surface area contributed by atoms with E-state index in [1.807, 2.05) is 20.2 Å². The predicted molar refractivity (Wildman–Crippen MR) is 65.4 cm³/mol. The van der Waals surface area contributed by atoms with E-state index in [-0.39, 0.29) is 5.91 Å². The van der Waals surface area contributed by atoms with E-state index in [2.05, 4.69) is 15.7 Å². The van der Waals surface area contributed by atoms with Crippen LogP contribution < -0.4 is 10.6 Å². The molecule has 0 radical (unpaired) electrons. The van der Waals surface area contributed by atoms with Crippen molar-refractivity contribution in [2.75, 3.05) is 13.1 Å². The zero-order valence-corrected chi connectivity index (χ0v) is 10.5. The van der Waals surface area contributed by atoms with Crippen LogP contribution >= 0.6 is 0 Å². The molecule has 5 heteroatoms. The second-order valence-corrected chi connectivity index (χ2v) is 4.75. The number of nitrogens with one attached hydrogen (secondary N) is 2. The fourth-order valence-electron chi connectivity index (χ4n) is 2.24. The molecule has 0 bridgehead atoms. The van der Waals surface area contributed by atoms with E-state index in [0.29, 0.717) is 18.9 Å². The third-order valence-electron chi connectivity index (χ3n) is 3.23. The van der Waals surface area contributed by atoms with E-state index in [4.69, 9.17) is 0 Å². The van der Waals surface area contributed by atoms with Gasteiger partial charge in [-0.1, -0.05) is 0 Å². The summed E-state index contributed by atoms with van der Waals surface area (Å²) in [5.41, 5.74) is 2.07. The van der Waals surface area contributed by atoms with Gasteiger partial charge in [0.15, 0.2) is 0 Å². The number of rotatable bonds is 4. The van der Waals surface area contributed by atoms with Crippen molar-refractivity contribution in [1.29, 1.82) is 0 Å². The van der Waals surface area contributed by atoms with Crippen LogP contribution in [0.2, 0.25) is 0 Å². The van der Waals surface area contributed by atoms with Gasteiger partial charge < -0.3 is 10.6 Å². The SMILES string of the molecule is Cc1nn(C)cc1CNC(=O)CC1CCNC1. The van der Waals surface area contributed by atoms with Gasteiger partial charge in [0.2, 0.25) is 5.91 Å². The summed E-state index contributed by atoms with van der Waals surface area (Å²) in [7, 11) is 1.89. The largest absolute Gasteiger partial charge is 0.352 e. The number of hydrogen-bond donors (Lipinski definition) is 2. The van der Waals surface area contributed by atoms with Crippen molar-refractivity contribution in [1.82, 2.24) is 20.4 Å². The molecule has 2 rings (SSSR count). The Hall–Kier alpha value is -1.36. The van der Waals surface area contributed by atoms with Crippen molar-refractivity contribution in [3.8, 4) is 0 Å². The lowest BCUT2D eigenvalue weighted by molar-refractivity contribution is -0.122. The molecule has 1 atom stereocenters. The molecule has 1 amide bonds. The number of carbonyl (C=O) groups excluding carboxylic acids is 1. The molecule has 1 aromatic heterocycles. The minimum Gasteiger partial charge on any atom is -0.352 e. The molecular formula is C12H20N4O. The van der Waals surface area contributed by atoms with Gasteiger partial charge in [0.25, 0.3) is 0 Å². The summed E-state index contributed by atoms with van der Waals surface area (Å²) in [6.07, 6.45) is 3.69. The van der Waals surface area contributed by atoms with E-state index in [0.717, 1.165) is 30.8 Å². The summed E-state index contributed by atoms with van der Waals surface area (Å²) in [5.74, 6) is 0.645. The van der Waals surface area contributed by atoms with Gasteiger partial charge in [-0.2, -0.15) is 5.10 Å². The van der Waals surface area contributed by atoms with E-state index < -0.39 is 0 Å². The molecule has 2 heterocycles. The van der Waals surface area contributed by atoms with Gasteiger partial charge in [0, 0.05) is 31.8 Å². The van der Waals surface area contributed by atoms with Gasteiger partial charge in [-0.05, 0) is 32.4 Å². The summed E-state index contributed by atoms with van der Waals surface area (Å²) >= 11 is 0. The standard InChI is InChI=1S/C12H20N4O/c1-9-11(8-16(2)15-9)7-14-12(17)5-10-3-4-13-6-10/h8,10,13H,3-7H2,1-2H3,(H,14,17). The van der Waals surface area contributed by atoms with Crippen LogP contribution in [0.25, 0.3) is 0 Å². The second-order valence-electron chi connectivity index (χ2n) is 4.75. The zero-order chi connectivity index (χ0) is 12.3. The Bertz CT molecular complexity index is 393. The molecule has 1 aliphatic heterocycles. The Morgan fingerprint density at radius 3 is 3.12 bits per heavy atom. The minimum absolute atomic E-state index is 0.141. The van der Waals surface area contributed by atoms with Crippen LogP contribution in [0.4, 0.5) is 0 Å². The monoisotopic (exact) mass is 236 g/mol. The summed E-state index contributed by atoms with van der Waals surface area (Å²) < 4.78 is 1.78. The third-order valence-corrected chi connectivity index (χ3v) is 3.23. The van der Waals surface area contributed by atoms with E-state index in [1.54, 1.807) is 4.68 Å². The highest BCUT2D eigenvalue weighted by Crippen LogP contribution is 2.12. The normalized spacial score (nSPS) is 19.5. The molecule has 0 aromatic carbocycles. The van der Waals surface area contributed by atoms with Gasteiger partial charge in [0.1, 0.15) is 0 Å². The Morgan fingerprint density at radius 2 is 2.53 bits per heavy atom. The zero-order valence-electron chi connectivity index (χ0n) is 10.5. The second kappa shape index (κ2) is 5.31. The Kier molecular flexibility index (Phi) is 3.78. The third kappa shape index (κ3) is 3.30. The maximum Gasteiger partial charge on any atom is 0.220 e. The summed E-state index contributed by atoms with van der Waals surface area (Å²) in [6, 6.07) is 0. The van der Waals surface area contributed by atoms with Gasteiger partial charge in [-0.25, -0.2) is 0 Å². The van der Waals surface area contributed by atoms with Crippen LogP contribution in [0, 0.1) is 12.8 Å². The average molecular weight is 236 g/mol. The maximum atomic E-state index is 11.7. The highest BCUT2D eigenvalue weighted by molar-refractivity contribution is 5.76. The fraction of sp³-hybridized carbons (Fsp3) is 0.667. The van der Waals surface area contributed by atoms with Gasteiger partial charge in [-0.3, -0.25) is 9.48 Å². The van der Waals surface area contributed by atoms with Crippen LogP contribution in [0.1, 0.15) is 24.1 Å². The molecule has 94 valence electrons. The number of carbonyl (C=O) groups is 1. The molecule has 1 saturated heterocycles. The van der Waals surface area contributed by atoms with Gasteiger partial charge in [0.05, 0.1) is 5.69 Å². The molecule has 0 spiro atoms. The first-order valence-electron chi connectivity index (χ1n) is 6.11. The van der Waals surface area contributed by atoms with Crippen molar-refractivity contribution in [2.24, 2.45) is 13.0 Å². The topological polar surface area (TPSA) is 59.0 Å². The van der Waals surface area contributed by atoms with Crippen molar-refractivity contribution in [2.45, 2.75) is 26.3 Å². The smallest absolute Gasteiger partial charge is 0.220 e. The predicted octanol–water partition coefficient (Wildman–Crippen LogP) is 0.344. The number of nitrogens with zero attached hydrogens (tertiary/aromatic N) is 2. The van der Waals surface area contributed by atoms with Crippen molar-refractivity contribution in [3.05, 3.63) is 17.5 Å². The molecule has 17 heavy (non-hydrogen) atoms. The number of hydrogen-bond acceptors (Lipinski definition) is 3. The van der Waals surface area contributed by atoms with E-state index >= 15 is 0 Å². The molecular weight excluding hydrogens is 216 g/mol. The maximum absolute atomic E-state index is 11.7. The van der Waals surface area contributed by atoms with Crippen molar-refractivity contribution >= 4 is 5.91 Å². The van der Waals surface area contributed by atoms with Crippen LogP contribution in [0.5, 0.6) is 0 Å². The first-order valence-corrected chi connectivity index (χ1v) is 6.11. The Balaban J connectivity index is 1.77. The highest BCUT2D eigenvalue weighted by Gasteiger charge is 2.17. The quantitative estimate of drug-likeness (QED) is 0.793. The summed E-state index contributed by atoms with van der Waals surface area (Å²) in [4.78, 5) is 11.7. The molecule has 1 aromatic rings. The average Bonchev–Trinajstić information content (AvgIpc) is 2.86. The Morgan fingerprint density at radius 1 is 1.71 bits per heavy atom. The van der Waals surface area contributed by atoms with Crippen molar-refractivity contribution < 1.29 is 4.79 Å². The minimum atomic E-state index is 0.141. The molecule has 1 unspecified atom stereocenters. The number of aryl methyl sites for hydroxylation is 2. The van der Waals surface area contributed by atoms with Crippen molar-refractivity contribution in [3.63, 3.8) is 0 Å². The molecule has 0 saturated carbocycles. The lowest BCUT2D eigenvalue weighted by atomic mass is 10.0. The molecule has 0 aliphatic carbocycles. The van der Waals surface area contributed by atoms with E-state index in [9.17, 15) is 4.79 Å². The lowest BCUT2D eigenvalue weighted by Gasteiger charge is -2.08. The van der Waals surface area contributed by atoms with Gasteiger partial charge in [-0.15, -0.1) is 0 Å². The van der Waals surface area contributed by atoms with E-state index in [1.165, 1.54) is 0 Å². The number of aromatic nitrogens is 2. The fourth-order valence-corrected chi connectivity index (χ4v) is 2.24. The molecule has 1 aliphatic rings. The summed E-state index contributed by atoms with van der Waals surface area (Å²) in [6.45, 7) is 4.56. The molecule has 1 fully saturated rings. The summed E-state index contributed by atoms with van der Waals surface area (Å²) in [5, 5.41) is 10.5. The highest BCUT2D eigenvalue weighted by atomic mass is 16.1. The molecule has 5 nitrogen and oxygen atoms in total. The first-order chi connectivity index (χ1) is 8.15. The lowest BCUT2D eigenvalue weighted by Crippen LogP contribution is -2.26. The van der Waals surface area contributed by atoms with Crippen LogP contribution in [0.3, 0.4) is 0 Å². The van der Waals surface area contributed by atoms with Crippen LogP contribution in [-0.4, -0.2) is 28.8 Å². The Labute approximate surface area is 102 Å². The van der Waals surface area contributed by atoms with Crippen LogP contribution in [-0.2, 0) is 18.4 Å².